The third-order valence-electron chi connectivity index (χ3n) is 4.17. The summed E-state index contributed by atoms with van der Waals surface area (Å²) in [4.78, 5) is 11.8. The van der Waals surface area contributed by atoms with Gasteiger partial charge in [0.15, 0.2) is 0 Å². The lowest BCUT2D eigenvalue weighted by Gasteiger charge is -2.34. The van der Waals surface area contributed by atoms with Crippen molar-refractivity contribution in [3.05, 3.63) is 35.6 Å². The molecule has 2 rings (SSSR count). The fourth-order valence-electron chi connectivity index (χ4n) is 2.93. The molecule has 0 saturated heterocycles. The largest absolute Gasteiger partial charge is 0.368 e. The first kappa shape index (κ1) is 15.0. The number of hydrogen-bond donors (Lipinski definition) is 2. The van der Waals surface area contributed by atoms with Gasteiger partial charge in [0.1, 0.15) is 5.82 Å². The van der Waals surface area contributed by atoms with E-state index >= 15 is 0 Å². The van der Waals surface area contributed by atoms with Crippen molar-refractivity contribution < 1.29 is 9.18 Å². The molecule has 1 amide bonds. The van der Waals surface area contributed by atoms with Crippen molar-refractivity contribution in [1.29, 1.82) is 0 Å². The highest BCUT2D eigenvalue weighted by Gasteiger charge is 2.34. The maximum absolute atomic E-state index is 13.8. The molecule has 0 spiro atoms. The lowest BCUT2D eigenvalue weighted by Crippen LogP contribution is -2.58. The molecule has 1 aliphatic carbocycles. The molecule has 1 aliphatic rings. The van der Waals surface area contributed by atoms with Crippen molar-refractivity contribution in [1.82, 2.24) is 5.32 Å². The van der Waals surface area contributed by atoms with Gasteiger partial charge in [-0.3, -0.25) is 4.79 Å². The number of carbonyl (C=O) groups excluding carboxylic acids is 1. The fraction of sp³-hybridized carbons (Fsp3) is 0.562. The zero-order valence-corrected chi connectivity index (χ0v) is 12.0. The van der Waals surface area contributed by atoms with Crippen LogP contribution in [-0.4, -0.2) is 17.5 Å². The maximum atomic E-state index is 13.8. The van der Waals surface area contributed by atoms with Gasteiger partial charge in [0.25, 0.3) is 0 Å². The van der Waals surface area contributed by atoms with Gasteiger partial charge < -0.3 is 11.1 Å². The van der Waals surface area contributed by atoms with Gasteiger partial charge in [-0.2, -0.15) is 0 Å². The van der Waals surface area contributed by atoms with E-state index in [2.05, 4.69) is 5.32 Å². The molecule has 1 unspecified atom stereocenters. The van der Waals surface area contributed by atoms with Crippen LogP contribution >= 0.6 is 0 Å². The highest BCUT2D eigenvalue weighted by atomic mass is 19.1. The number of amides is 1. The number of benzene rings is 1. The van der Waals surface area contributed by atoms with Crippen molar-refractivity contribution in [2.24, 2.45) is 5.73 Å². The first-order valence-electron chi connectivity index (χ1n) is 7.32. The van der Waals surface area contributed by atoms with Gasteiger partial charge in [0, 0.05) is 12.5 Å². The van der Waals surface area contributed by atoms with Crippen LogP contribution in [0.25, 0.3) is 0 Å². The molecule has 3 N–H and O–H groups in total. The third kappa shape index (κ3) is 3.57. The van der Waals surface area contributed by atoms with Crippen LogP contribution in [-0.2, 0) is 11.2 Å². The molecular formula is C16H23FN2O. The molecule has 20 heavy (non-hydrogen) atoms. The van der Waals surface area contributed by atoms with Crippen LogP contribution in [0.5, 0.6) is 0 Å². The minimum atomic E-state index is -0.899. The van der Waals surface area contributed by atoms with Gasteiger partial charge in [-0.25, -0.2) is 4.39 Å². The summed E-state index contributed by atoms with van der Waals surface area (Å²) in [6.45, 7) is 1.77. The van der Waals surface area contributed by atoms with E-state index < -0.39 is 11.4 Å². The summed E-state index contributed by atoms with van der Waals surface area (Å²) in [5.74, 6) is -0.711. The smallest absolute Gasteiger partial charge is 0.237 e. The molecule has 1 aromatic carbocycles. The Balaban J connectivity index is 2.12. The van der Waals surface area contributed by atoms with Crippen molar-refractivity contribution in [2.75, 3.05) is 0 Å². The van der Waals surface area contributed by atoms with Crippen molar-refractivity contribution >= 4 is 5.91 Å². The molecule has 4 heteroatoms. The lowest BCUT2D eigenvalue weighted by molar-refractivity contribution is -0.124. The minimum Gasteiger partial charge on any atom is -0.368 e. The molecule has 1 fully saturated rings. The van der Waals surface area contributed by atoms with E-state index in [1.54, 1.807) is 25.1 Å². The molecule has 0 heterocycles. The zero-order valence-electron chi connectivity index (χ0n) is 12.0. The third-order valence-corrected chi connectivity index (χ3v) is 4.17. The van der Waals surface area contributed by atoms with Crippen molar-refractivity contribution in [3.8, 4) is 0 Å². The average molecular weight is 278 g/mol. The second-order valence-corrected chi connectivity index (χ2v) is 5.94. The SMILES string of the molecule is CC(Cc1ccccc1F)(NC1CCCCC1)C(N)=O. The van der Waals surface area contributed by atoms with Gasteiger partial charge >= 0.3 is 0 Å². The van der Waals surface area contributed by atoms with E-state index in [9.17, 15) is 9.18 Å². The number of carbonyl (C=O) groups is 1. The minimum absolute atomic E-state index is 0.283. The Morgan fingerprint density at radius 2 is 2.00 bits per heavy atom. The van der Waals surface area contributed by atoms with Crippen LogP contribution in [0.3, 0.4) is 0 Å². The Hall–Kier alpha value is -1.42. The van der Waals surface area contributed by atoms with Crippen LogP contribution in [0.15, 0.2) is 24.3 Å². The number of nitrogens with two attached hydrogens (primary N) is 1. The number of halogens is 1. The van der Waals surface area contributed by atoms with Crippen molar-refractivity contribution in [3.63, 3.8) is 0 Å². The summed E-state index contributed by atoms with van der Waals surface area (Å²) < 4.78 is 13.8. The van der Waals surface area contributed by atoms with Gasteiger partial charge in [-0.15, -0.1) is 0 Å². The van der Waals surface area contributed by atoms with Crippen LogP contribution in [0.1, 0.15) is 44.6 Å². The second-order valence-electron chi connectivity index (χ2n) is 5.94. The van der Waals surface area contributed by atoms with Crippen molar-refractivity contribution in [2.45, 2.75) is 57.0 Å². The molecule has 0 bridgehead atoms. The average Bonchev–Trinajstić information content (AvgIpc) is 2.42. The topological polar surface area (TPSA) is 55.1 Å². The number of rotatable bonds is 5. The Bertz CT molecular complexity index is 471. The molecule has 1 saturated carbocycles. The first-order chi connectivity index (χ1) is 9.51. The molecule has 1 aromatic rings. The molecule has 0 aliphatic heterocycles. The van der Waals surface area contributed by atoms with Crippen LogP contribution in [0.4, 0.5) is 4.39 Å². The summed E-state index contributed by atoms with van der Waals surface area (Å²) in [6, 6.07) is 6.85. The van der Waals surface area contributed by atoms with E-state index in [1.807, 2.05) is 0 Å². The Morgan fingerprint density at radius 1 is 1.35 bits per heavy atom. The quantitative estimate of drug-likeness (QED) is 0.869. The van der Waals surface area contributed by atoms with E-state index in [4.69, 9.17) is 5.73 Å². The number of primary amides is 1. The first-order valence-corrected chi connectivity index (χ1v) is 7.32. The van der Waals surface area contributed by atoms with Gasteiger partial charge in [-0.1, -0.05) is 37.5 Å². The van der Waals surface area contributed by atoms with Crippen LogP contribution < -0.4 is 11.1 Å². The Kier molecular flexibility index (Phi) is 4.76. The second kappa shape index (κ2) is 6.35. The highest BCUT2D eigenvalue weighted by molar-refractivity contribution is 5.84. The van der Waals surface area contributed by atoms with Crippen LogP contribution in [0, 0.1) is 5.82 Å². The maximum Gasteiger partial charge on any atom is 0.237 e. The predicted octanol–water partition coefficient (Wildman–Crippen LogP) is 2.53. The standard InChI is InChI=1S/C16H23FN2O/c1-16(15(18)20,19-13-8-3-2-4-9-13)11-12-7-5-6-10-14(12)17/h5-7,10,13,19H,2-4,8-9,11H2,1H3,(H2,18,20). The predicted molar refractivity (Wildman–Crippen MR) is 77.7 cm³/mol. The molecular weight excluding hydrogens is 255 g/mol. The van der Waals surface area contributed by atoms with Crippen LogP contribution in [0.2, 0.25) is 0 Å². The highest BCUT2D eigenvalue weighted by Crippen LogP contribution is 2.22. The van der Waals surface area contributed by atoms with Gasteiger partial charge in [0.2, 0.25) is 5.91 Å². The summed E-state index contributed by atoms with van der Waals surface area (Å²) >= 11 is 0. The molecule has 110 valence electrons. The van der Waals surface area contributed by atoms with Gasteiger partial charge in [-0.05, 0) is 31.4 Å². The zero-order chi connectivity index (χ0) is 14.6. The summed E-state index contributed by atoms with van der Waals surface area (Å²) in [5.41, 5.74) is 5.19. The van der Waals surface area contributed by atoms with E-state index in [-0.39, 0.29) is 12.2 Å². The molecule has 3 nitrogen and oxygen atoms in total. The lowest BCUT2D eigenvalue weighted by atomic mass is 9.87. The number of nitrogens with one attached hydrogen (secondary N) is 1. The van der Waals surface area contributed by atoms with E-state index in [1.165, 1.54) is 25.3 Å². The Morgan fingerprint density at radius 3 is 2.60 bits per heavy atom. The molecule has 0 aromatic heterocycles. The summed E-state index contributed by atoms with van der Waals surface area (Å²) in [6.07, 6.45) is 5.99. The fourth-order valence-corrected chi connectivity index (χ4v) is 2.93. The monoisotopic (exact) mass is 278 g/mol. The normalized spacial score (nSPS) is 19.5. The molecule has 1 atom stereocenters. The van der Waals surface area contributed by atoms with E-state index in [0.29, 0.717) is 11.6 Å². The molecule has 0 radical (unpaired) electrons. The van der Waals surface area contributed by atoms with E-state index in [0.717, 1.165) is 12.8 Å². The summed E-state index contributed by atoms with van der Waals surface area (Å²) in [5, 5.41) is 3.37. The number of hydrogen-bond acceptors (Lipinski definition) is 2. The Labute approximate surface area is 119 Å². The summed E-state index contributed by atoms with van der Waals surface area (Å²) in [7, 11) is 0. The van der Waals surface area contributed by atoms with Gasteiger partial charge in [0.05, 0.1) is 5.54 Å².